The molecule has 0 unspecified atom stereocenters. The van der Waals surface area contributed by atoms with Gasteiger partial charge in [-0.1, -0.05) is 13.8 Å². The van der Waals surface area contributed by atoms with E-state index in [2.05, 4.69) is 19.9 Å². The summed E-state index contributed by atoms with van der Waals surface area (Å²) in [6, 6.07) is 1.78. The van der Waals surface area contributed by atoms with Gasteiger partial charge in [-0.15, -0.1) is 0 Å². The maximum absolute atomic E-state index is 5.65. The first-order valence-electron chi connectivity index (χ1n) is 5.53. The topological polar surface area (TPSA) is 77.0 Å². The zero-order chi connectivity index (χ0) is 12.8. The minimum atomic E-state index is 0.402. The van der Waals surface area contributed by atoms with Gasteiger partial charge >= 0.3 is 0 Å². The first kappa shape index (κ1) is 13.0. The van der Waals surface area contributed by atoms with Crippen LogP contribution in [0.2, 0.25) is 0 Å². The first-order valence-corrected chi connectivity index (χ1v) is 5.53. The third-order valence-corrected chi connectivity index (χ3v) is 2.05. The van der Waals surface area contributed by atoms with Gasteiger partial charge in [-0.2, -0.15) is 0 Å². The van der Waals surface area contributed by atoms with Crippen LogP contribution < -0.4 is 5.73 Å². The molecule has 0 fully saturated rings. The third kappa shape index (κ3) is 2.96. The fourth-order valence-electron chi connectivity index (χ4n) is 1.26. The van der Waals surface area contributed by atoms with Crippen LogP contribution in [-0.4, -0.2) is 27.8 Å². The predicted molar refractivity (Wildman–Crippen MR) is 70.1 cm³/mol. The van der Waals surface area contributed by atoms with E-state index in [1.54, 1.807) is 25.5 Å². The van der Waals surface area contributed by atoms with Gasteiger partial charge in [0.05, 0.1) is 17.4 Å². The highest BCUT2D eigenvalue weighted by atomic mass is 14.9. The second kappa shape index (κ2) is 5.89. The molecular formula is C12H17N5. The number of nitrogens with two attached hydrogens (primary N) is 1. The zero-order valence-corrected chi connectivity index (χ0v) is 10.6. The number of aryl methyl sites for hydroxylation is 1. The second-order valence-corrected chi connectivity index (χ2v) is 3.18. The third-order valence-electron chi connectivity index (χ3n) is 2.05. The van der Waals surface area contributed by atoms with Crippen molar-refractivity contribution < 1.29 is 0 Å². The van der Waals surface area contributed by atoms with Crippen LogP contribution in [0.3, 0.4) is 0 Å². The standard InChI is InChI=1S/C10H11N5.C2H6/c1-6-4-13-7-3-8(10(11)12-2)14-5-9(7)15-6;1-2/h3-5H,1-2H3,(H2,11,12);1-2H3. The predicted octanol–water partition coefficient (Wildman–Crippen LogP) is 1.69. The maximum atomic E-state index is 5.65. The number of aliphatic imine (C=N–C) groups is 1. The Bertz CT molecular complexity index is 533. The van der Waals surface area contributed by atoms with Crippen LogP contribution in [0.15, 0.2) is 23.5 Å². The Kier molecular flexibility index (Phi) is 4.51. The second-order valence-electron chi connectivity index (χ2n) is 3.18. The lowest BCUT2D eigenvalue weighted by Gasteiger charge is -2.01. The van der Waals surface area contributed by atoms with Gasteiger partial charge in [0.25, 0.3) is 0 Å². The molecule has 2 N–H and O–H groups in total. The maximum Gasteiger partial charge on any atom is 0.144 e. The molecule has 2 heterocycles. The van der Waals surface area contributed by atoms with Gasteiger partial charge in [0.1, 0.15) is 17.0 Å². The molecule has 2 aromatic heterocycles. The number of rotatable bonds is 1. The van der Waals surface area contributed by atoms with Crippen molar-refractivity contribution in [1.29, 1.82) is 0 Å². The smallest absolute Gasteiger partial charge is 0.144 e. The molecule has 0 aliphatic carbocycles. The Labute approximate surface area is 101 Å². The lowest BCUT2D eigenvalue weighted by Crippen LogP contribution is -2.14. The Hall–Kier alpha value is -2.04. The molecule has 0 aliphatic rings. The van der Waals surface area contributed by atoms with Gasteiger partial charge in [0.15, 0.2) is 0 Å². The largest absolute Gasteiger partial charge is 0.382 e. The lowest BCUT2D eigenvalue weighted by atomic mass is 10.3. The van der Waals surface area contributed by atoms with Crippen molar-refractivity contribution >= 4 is 16.9 Å². The van der Waals surface area contributed by atoms with Crippen LogP contribution in [0.1, 0.15) is 25.2 Å². The van der Waals surface area contributed by atoms with E-state index in [4.69, 9.17) is 5.73 Å². The van der Waals surface area contributed by atoms with E-state index >= 15 is 0 Å². The average Bonchev–Trinajstić information content (AvgIpc) is 2.39. The molecule has 5 nitrogen and oxygen atoms in total. The summed E-state index contributed by atoms with van der Waals surface area (Å²) >= 11 is 0. The van der Waals surface area contributed by atoms with Crippen LogP contribution in [0.5, 0.6) is 0 Å². The van der Waals surface area contributed by atoms with Gasteiger partial charge in [0, 0.05) is 13.2 Å². The molecule has 0 bridgehead atoms. The molecule has 0 spiro atoms. The Morgan fingerprint density at radius 2 is 1.88 bits per heavy atom. The van der Waals surface area contributed by atoms with Crippen molar-refractivity contribution in [2.75, 3.05) is 7.05 Å². The van der Waals surface area contributed by atoms with Crippen molar-refractivity contribution in [1.82, 2.24) is 15.0 Å². The molecule has 0 radical (unpaired) electrons. The molecule has 2 aromatic rings. The highest BCUT2D eigenvalue weighted by Gasteiger charge is 2.03. The molecule has 17 heavy (non-hydrogen) atoms. The van der Waals surface area contributed by atoms with Crippen LogP contribution >= 0.6 is 0 Å². The van der Waals surface area contributed by atoms with Crippen LogP contribution in [0.4, 0.5) is 0 Å². The van der Waals surface area contributed by atoms with Gasteiger partial charge in [0.2, 0.25) is 0 Å². The summed E-state index contributed by atoms with van der Waals surface area (Å²) in [5, 5.41) is 0. The molecular weight excluding hydrogens is 214 g/mol. The van der Waals surface area contributed by atoms with Crippen molar-refractivity contribution in [2.45, 2.75) is 20.8 Å². The molecule has 0 atom stereocenters. The molecule has 90 valence electrons. The molecule has 0 aliphatic heterocycles. The number of hydrogen-bond acceptors (Lipinski definition) is 4. The summed E-state index contributed by atoms with van der Waals surface area (Å²) in [5.74, 6) is 0.402. The fourth-order valence-corrected chi connectivity index (χ4v) is 1.26. The Morgan fingerprint density at radius 1 is 1.18 bits per heavy atom. The molecule has 0 saturated heterocycles. The van der Waals surface area contributed by atoms with Gasteiger partial charge in [-0.05, 0) is 13.0 Å². The Balaban J connectivity index is 0.000000686. The lowest BCUT2D eigenvalue weighted by molar-refractivity contribution is 1.16. The number of aromatic nitrogens is 3. The van der Waals surface area contributed by atoms with E-state index in [-0.39, 0.29) is 0 Å². The summed E-state index contributed by atoms with van der Waals surface area (Å²) in [7, 11) is 1.63. The van der Waals surface area contributed by atoms with E-state index in [1.807, 2.05) is 20.8 Å². The SMILES string of the molecule is CC.CN=C(N)c1cc2ncc(C)nc2cn1. The van der Waals surface area contributed by atoms with E-state index in [0.29, 0.717) is 11.5 Å². The average molecular weight is 231 g/mol. The minimum Gasteiger partial charge on any atom is -0.382 e. The first-order chi connectivity index (χ1) is 8.20. The number of fused-ring (bicyclic) bond motifs is 1. The van der Waals surface area contributed by atoms with Crippen molar-refractivity contribution in [3.63, 3.8) is 0 Å². The van der Waals surface area contributed by atoms with E-state index in [9.17, 15) is 0 Å². The fraction of sp³-hybridized carbons (Fsp3) is 0.333. The van der Waals surface area contributed by atoms with Crippen LogP contribution in [0.25, 0.3) is 11.0 Å². The van der Waals surface area contributed by atoms with E-state index < -0.39 is 0 Å². The van der Waals surface area contributed by atoms with Gasteiger partial charge in [-0.3, -0.25) is 15.0 Å². The van der Waals surface area contributed by atoms with E-state index in [1.165, 1.54) is 0 Å². The summed E-state index contributed by atoms with van der Waals surface area (Å²) in [4.78, 5) is 16.6. The quantitative estimate of drug-likeness (QED) is 0.598. The number of pyridine rings is 1. The van der Waals surface area contributed by atoms with Crippen molar-refractivity contribution in [2.24, 2.45) is 10.7 Å². The normalized spacial score (nSPS) is 10.9. The highest BCUT2D eigenvalue weighted by Crippen LogP contribution is 2.09. The van der Waals surface area contributed by atoms with Crippen molar-refractivity contribution in [3.8, 4) is 0 Å². The minimum absolute atomic E-state index is 0.402. The molecule has 0 aromatic carbocycles. The van der Waals surface area contributed by atoms with Crippen molar-refractivity contribution in [3.05, 3.63) is 29.8 Å². The van der Waals surface area contributed by atoms with Gasteiger partial charge < -0.3 is 5.73 Å². The highest BCUT2D eigenvalue weighted by molar-refractivity contribution is 5.97. The zero-order valence-electron chi connectivity index (χ0n) is 10.6. The number of amidine groups is 1. The summed E-state index contributed by atoms with van der Waals surface area (Å²) in [6.45, 7) is 5.89. The Morgan fingerprint density at radius 3 is 2.53 bits per heavy atom. The van der Waals surface area contributed by atoms with Crippen LogP contribution in [-0.2, 0) is 0 Å². The molecule has 0 amide bonds. The monoisotopic (exact) mass is 231 g/mol. The summed E-state index contributed by atoms with van der Waals surface area (Å²) in [5.41, 5.74) is 8.69. The van der Waals surface area contributed by atoms with Crippen LogP contribution in [0, 0.1) is 6.92 Å². The molecule has 2 rings (SSSR count). The molecule has 5 heteroatoms. The number of nitrogens with zero attached hydrogens (tertiary/aromatic N) is 4. The van der Waals surface area contributed by atoms with Gasteiger partial charge in [-0.25, -0.2) is 4.98 Å². The summed E-state index contributed by atoms with van der Waals surface area (Å²) in [6.07, 6.45) is 3.37. The number of hydrogen-bond donors (Lipinski definition) is 1. The van der Waals surface area contributed by atoms with E-state index in [0.717, 1.165) is 16.7 Å². The summed E-state index contributed by atoms with van der Waals surface area (Å²) < 4.78 is 0. The molecule has 0 saturated carbocycles.